The first-order valence-corrected chi connectivity index (χ1v) is 5.64. The van der Waals surface area contributed by atoms with Gasteiger partial charge in [-0.2, -0.15) is 0 Å². The van der Waals surface area contributed by atoms with E-state index in [1.165, 1.54) is 0 Å². The summed E-state index contributed by atoms with van der Waals surface area (Å²) in [5.41, 5.74) is 3.93. The molecule has 2 heteroatoms. The van der Waals surface area contributed by atoms with Gasteiger partial charge in [-0.3, -0.25) is 0 Å². The Balaban J connectivity index is 2.37. The molecule has 0 spiro atoms. The van der Waals surface area contributed by atoms with E-state index in [4.69, 9.17) is 0 Å². The second kappa shape index (κ2) is 4.50. The molecule has 0 fully saturated rings. The quantitative estimate of drug-likeness (QED) is 0.828. The fraction of sp³-hybridized carbons (Fsp3) is 0.200. The molecular weight excluding hydrogens is 212 g/mol. The van der Waals surface area contributed by atoms with Gasteiger partial charge in [-0.15, -0.1) is 0 Å². The summed E-state index contributed by atoms with van der Waals surface area (Å²) in [5, 5.41) is 19.3. The van der Waals surface area contributed by atoms with Gasteiger partial charge >= 0.3 is 0 Å². The summed E-state index contributed by atoms with van der Waals surface area (Å²) in [5.74, 6) is 0.640. The molecule has 17 heavy (non-hydrogen) atoms. The second-order valence-electron chi connectivity index (χ2n) is 4.37. The number of aryl methyl sites for hydroxylation is 2. The van der Waals surface area contributed by atoms with E-state index >= 15 is 0 Å². The monoisotopic (exact) mass is 228 g/mol. The predicted octanol–water partition coefficient (Wildman–Crippen LogP) is 3.31. The summed E-state index contributed by atoms with van der Waals surface area (Å²) < 4.78 is 0. The van der Waals surface area contributed by atoms with E-state index in [1.54, 1.807) is 12.1 Å². The van der Waals surface area contributed by atoms with Crippen molar-refractivity contribution in [1.29, 1.82) is 0 Å². The molecule has 0 aliphatic rings. The van der Waals surface area contributed by atoms with Gasteiger partial charge in [0.05, 0.1) is 0 Å². The smallest absolute Gasteiger partial charge is 0.119 e. The van der Waals surface area contributed by atoms with Crippen LogP contribution in [-0.2, 0) is 6.42 Å². The van der Waals surface area contributed by atoms with Crippen LogP contribution >= 0.6 is 0 Å². The molecule has 2 rings (SSSR count). The van der Waals surface area contributed by atoms with Crippen LogP contribution in [0.15, 0.2) is 36.4 Å². The van der Waals surface area contributed by atoms with Gasteiger partial charge in [0.15, 0.2) is 0 Å². The number of rotatable bonds is 2. The van der Waals surface area contributed by atoms with Crippen molar-refractivity contribution in [2.75, 3.05) is 0 Å². The zero-order chi connectivity index (χ0) is 12.4. The first kappa shape index (κ1) is 11.5. The van der Waals surface area contributed by atoms with Crippen LogP contribution in [0.4, 0.5) is 0 Å². The minimum absolute atomic E-state index is 0.317. The van der Waals surface area contributed by atoms with Crippen LogP contribution in [0.25, 0.3) is 0 Å². The van der Waals surface area contributed by atoms with Crippen LogP contribution in [0.1, 0.15) is 22.3 Å². The highest BCUT2D eigenvalue weighted by molar-refractivity contribution is 5.44. The van der Waals surface area contributed by atoms with Gasteiger partial charge in [-0.1, -0.05) is 24.3 Å². The molecule has 0 unspecified atom stereocenters. The molecule has 2 aromatic rings. The zero-order valence-corrected chi connectivity index (χ0v) is 10.1. The van der Waals surface area contributed by atoms with Gasteiger partial charge in [0.25, 0.3) is 0 Å². The summed E-state index contributed by atoms with van der Waals surface area (Å²) in [6, 6.07) is 11.1. The van der Waals surface area contributed by atoms with E-state index in [1.807, 2.05) is 38.1 Å². The van der Waals surface area contributed by atoms with Crippen LogP contribution in [0.3, 0.4) is 0 Å². The fourth-order valence-corrected chi connectivity index (χ4v) is 1.92. The Bertz CT molecular complexity index is 545. The van der Waals surface area contributed by atoms with Gasteiger partial charge < -0.3 is 10.2 Å². The Kier molecular flexibility index (Phi) is 3.05. The van der Waals surface area contributed by atoms with E-state index in [0.29, 0.717) is 17.9 Å². The molecule has 2 nitrogen and oxygen atoms in total. The van der Waals surface area contributed by atoms with Crippen LogP contribution < -0.4 is 0 Å². The van der Waals surface area contributed by atoms with Crippen molar-refractivity contribution >= 4 is 0 Å². The molecule has 2 N–H and O–H groups in total. The first-order chi connectivity index (χ1) is 8.08. The average Bonchev–Trinajstić information content (AvgIpc) is 2.29. The number of phenols is 2. The number of hydrogen-bond donors (Lipinski definition) is 2. The molecule has 88 valence electrons. The number of hydrogen-bond acceptors (Lipinski definition) is 2. The largest absolute Gasteiger partial charge is 0.508 e. The molecule has 0 aliphatic heterocycles. The lowest BCUT2D eigenvalue weighted by Gasteiger charge is -2.10. The van der Waals surface area contributed by atoms with Crippen molar-refractivity contribution in [2.45, 2.75) is 20.3 Å². The lowest BCUT2D eigenvalue weighted by molar-refractivity contribution is 0.468. The molecule has 0 saturated carbocycles. The third kappa shape index (κ3) is 2.41. The summed E-state index contributed by atoms with van der Waals surface area (Å²) in [7, 11) is 0. The Hall–Kier alpha value is -1.96. The lowest BCUT2D eigenvalue weighted by atomic mass is 9.97. The summed E-state index contributed by atoms with van der Waals surface area (Å²) >= 11 is 0. The molecule has 0 radical (unpaired) electrons. The Labute approximate surface area is 101 Å². The van der Waals surface area contributed by atoms with Crippen LogP contribution in [0.5, 0.6) is 11.5 Å². The highest BCUT2D eigenvalue weighted by Gasteiger charge is 2.06. The molecule has 0 bridgehead atoms. The van der Waals surface area contributed by atoms with Crippen molar-refractivity contribution in [3.63, 3.8) is 0 Å². The summed E-state index contributed by atoms with van der Waals surface area (Å²) in [6.45, 7) is 3.84. The minimum Gasteiger partial charge on any atom is -0.508 e. The Morgan fingerprint density at radius 2 is 1.53 bits per heavy atom. The highest BCUT2D eigenvalue weighted by atomic mass is 16.3. The summed E-state index contributed by atoms with van der Waals surface area (Å²) in [6.07, 6.45) is 0.680. The molecular formula is C15H16O2. The van der Waals surface area contributed by atoms with Crippen molar-refractivity contribution in [3.8, 4) is 11.5 Å². The predicted molar refractivity (Wildman–Crippen MR) is 68.5 cm³/mol. The van der Waals surface area contributed by atoms with E-state index < -0.39 is 0 Å². The highest BCUT2D eigenvalue weighted by Crippen LogP contribution is 2.26. The topological polar surface area (TPSA) is 40.5 Å². The summed E-state index contributed by atoms with van der Waals surface area (Å²) in [4.78, 5) is 0. The van der Waals surface area contributed by atoms with E-state index in [9.17, 15) is 10.2 Å². The maximum absolute atomic E-state index is 9.74. The molecule has 0 heterocycles. The van der Waals surface area contributed by atoms with E-state index in [2.05, 4.69) is 0 Å². The minimum atomic E-state index is 0.317. The normalized spacial score (nSPS) is 10.5. The van der Waals surface area contributed by atoms with Crippen molar-refractivity contribution in [1.82, 2.24) is 0 Å². The van der Waals surface area contributed by atoms with Gasteiger partial charge in [-0.25, -0.2) is 0 Å². The van der Waals surface area contributed by atoms with E-state index in [-0.39, 0.29) is 0 Å². The molecule has 0 aliphatic carbocycles. The van der Waals surface area contributed by atoms with Crippen molar-refractivity contribution < 1.29 is 10.2 Å². The average molecular weight is 228 g/mol. The zero-order valence-electron chi connectivity index (χ0n) is 10.1. The van der Waals surface area contributed by atoms with Gasteiger partial charge in [0, 0.05) is 6.42 Å². The number of para-hydroxylation sites is 1. The maximum atomic E-state index is 9.74. The molecule has 0 aromatic heterocycles. The second-order valence-corrected chi connectivity index (χ2v) is 4.37. The SMILES string of the molecule is Cc1cc(Cc2ccccc2O)c(C)cc1O. The molecule has 0 amide bonds. The number of benzene rings is 2. The van der Waals surface area contributed by atoms with Gasteiger partial charge in [-0.05, 0) is 48.2 Å². The van der Waals surface area contributed by atoms with E-state index in [0.717, 1.165) is 22.3 Å². The van der Waals surface area contributed by atoms with Crippen LogP contribution in [-0.4, -0.2) is 10.2 Å². The molecule has 2 aromatic carbocycles. The standard InChI is InChI=1S/C15H16O2/c1-10-8-15(17)11(2)7-13(10)9-12-5-3-4-6-14(12)16/h3-8,16-17H,9H2,1-2H3. The fourth-order valence-electron chi connectivity index (χ4n) is 1.92. The lowest BCUT2D eigenvalue weighted by Crippen LogP contribution is -1.93. The third-order valence-corrected chi connectivity index (χ3v) is 3.03. The Morgan fingerprint density at radius 1 is 0.824 bits per heavy atom. The first-order valence-electron chi connectivity index (χ1n) is 5.64. The van der Waals surface area contributed by atoms with Crippen molar-refractivity contribution in [3.05, 3.63) is 58.7 Å². The van der Waals surface area contributed by atoms with Crippen LogP contribution in [0.2, 0.25) is 0 Å². The van der Waals surface area contributed by atoms with Crippen molar-refractivity contribution in [2.24, 2.45) is 0 Å². The number of phenolic OH excluding ortho intramolecular Hbond substituents is 2. The number of aromatic hydroxyl groups is 2. The molecule has 0 atom stereocenters. The van der Waals surface area contributed by atoms with Gasteiger partial charge in [0.2, 0.25) is 0 Å². The van der Waals surface area contributed by atoms with Crippen LogP contribution in [0, 0.1) is 13.8 Å². The Morgan fingerprint density at radius 3 is 2.24 bits per heavy atom. The third-order valence-electron chi connectivity index (χ3n) is 3.03. The van der Waals surface area contributed by atoms with Gasteiger partial charge in [0.1, 0.15) is 11.5 Å². The molecule has 0 saturated heterocycles. The maximum Gasteiger partial charge on any atom is 0.119 e.